The zero-order chi connectivity index (χ0) is 14.3. The van der Waals surface area contributed by atoms with Crippen molar-refractivity contribution in [3.8, 4) is 10.6 Å². The molecule has 2 N–H and O–H groups in total. The van der Waals surface area contributed by atoms with Crippen molar-refractivity contribution in [2.45, 2.75) is 19.3 Å². The summed E-state index contributed by atoms with van der Waals surface area (Å²) in [5, 5.41) is 11.1. The zero-order valence-electron chi connectivity index (χ0n) is 12.0. The predicted molar refractivity (Wildman–Crippen MR) is 93.9 cm³/mol. The van der Waals surface area contributed by atoms with Gasteiger partial charge in [-0.15, -0.1) is 35.1 Å². The Morgan fingerprint density at radius 2 is 2.18 bits per heavy atom. The SMILES string of the molecule is Cl.O=C(Nc1nc(-c2cccs2)cs1)C1CC12CCNCC2. The van der Waals surface area contributed by atoms with Crippen LogP contribution in [0.1, 0.15) is 19.3 Å². The molecule has 1 saturated heterocycles. The Kier molecular flexibility index (Phi) is 4.54. The fourth-order valence-corrected chi connectivity index (χ4v) is 4.73. The average Bonchev–Trinajstić information content (AvgIpc) is 2.93. The smallest absolute Gasteiger partial charge is 0.229 e. The van der Waals surface area contributed by atoms with Crippen LogP contribution in [0.25, 0.3) is 10.6 Å². The molecule has 2 fully saturated rings. The molecule has 2 aliphatic rings. The summed E-state index contributed by atoms with van der Waals surface area (Å²) in [6, 6.07) is 4.07. The summed E-state index contributed by atoms with van der Waals surface area (Å²) in [5.74, 6) is 0.345. The number of hydrogen-bond donors (Lipinski definition) is 2. The summed E-state index contributed by atoms with van der Waals surface area (Å²) in [6.07, 6.45) is 3.30. The number of carbonyl (C=O) groups excluding carboxylic acids is 1. The summed E-state index contributed by atoms with van der Waals surface area (Å²) in [7, 11) is 0. The molecule has 4 rings (SSSR count). The summed E-state index contributed by atoms with van der Waals surface area (Å²) in [4.78, 5) is 18.0. The van der Waals surface area contributed by atoms with E-state index in [0.717, 1.165) is 48.1 Å². The number of nitrogens with one attached hydrogen (secondary N) is 2. The molecule has 4 nitrogen and oxygen atoms in total. The van der Waals surface area contributed by atoms with Crippen molar-refractivity contribution < 1.29 is 4.79 Å². The van der Waals surface area contributed by atoms with E-state index in [0.29, 0.717) is 0 Å². The standard InChI is InChI=1S/C15H17N3OS2.ClH/c19-13(10-8-15(10)3-5-16-6-4-15)18-14-17-11(9-21-14)12-2-1-7-20-12;/h1-2,7,9-10,16H,3-6,8H2,(H,17,18,19);1H. The van der Waals surface area contributed by atoms with Crippen LogP contribution in [0.15, 0.2) is 22.9 Å². The maximum absolute atomic E-state index is 12.4. The van der Waals surface area contributed by atoms with E-state index in [-0.39, 0.29) is 29.6 Å². The van der Waals surface area contributed by atoms with Gasteiger partial charge < -0.3 is 10.6 Å². The normalized spacial score (nSPS) is 22.1. The molecule has 1 amide bonds. The van der Waals surface area contributed by atoms with Crippen LogP contribution in [0.3, 0.4) is 0 Å². The van der Waals surface area contributed by atoms with Gasteiger partial charge in [0.15, 0.2) is 5.13 Å². The van der Waals surface area contributed by atoms with Crippen molar-refractivity contribution in [1.82, 2.24) is 10.3 Å². The van der Waals surface area contributed by atoms with E-state index in [2.05, 4.69) is 21.7 Å². The minimum atomic E-state index is 0. The van der Waals surface area contributed by atoms with E-state index in [4.69, 9.17) is 0 Å². The molecule has 1 saturated carbocycles. The fourth-order valence-electron chi connectivity index (χ4n) is 3.26. The number of piperidine rings is 1. The van der Waals surface area contributed by atoms with Crippen LogP contribution in [0, 0.1) is 11.3 Å². The Morgan fingerprint density at radius 3 is 2.91 bits per heavy atom. The molecular weight excluding hydrogens is 338 g/mol. The average molecular weight is 356 g/mol. The number of nitrogens with zero attached hydrogens (tertiary/aromatic N) is 1. The first kappa shape index (κ1) is 15.9. The summed E-state index contributed by atoms with van der Waals surface area (Å²) in [5.41, 5.74) is 1.24. The molecule has 2 aromatic heterocycles. The molecule has 1 aliphatic carbocycles. The van der Waals surface area contributed by atoms with Gasteiger partial charge in [0.05, 0.1) is 10.6 Å². The molecule has 0 radical (unpaired) electrons. The van der Waals surface area contributed by atoms with Gasteiger partial charge in [-0.2, -0.15) is 0 Å². The van der Waals surface area contributed by atoms with E-state index < -0.39 is 0 Å². The molecule has 2 aromatic rings. The van der Waals surface area contributed by atoms with Crippen molar-refractivity contribution in [1.29, 1.82) is 0 Å². The van der Waals surface area contributed by atoms with Gasteiger partial charge >= 0.3 is 0 Å². The molecular formula is C15H18ClN3OS2. The third-order valence-electron chi connectivity index (χ3n) is 4.61. The second kappa shape index (κ2) is 6.28. The molecule has 7 heteroatoms. The lowest BCUT2D eigenvalue weighted by atomic mass is 9.92. The van der Waals surface area contributed by atoms with E-state index in [1.165, 1.54) is 11.3 Å². The van der Waals surface area contributed by atoms with Crippen molar-refractivity contribution in [3.05, 3.63) is 22.9 Å². The first-order valence-electron chi connectivity index (χ1n) is 7.28. The molecule has 118 valence electrons. The lowest BCUT2D eigenvalue weighted by molar-refractivity contribution is -0.118. The van der Waals surface area contributed by atoms with Crippen LogP contribution < -0.4 is 10.6 Å². The first-order chi connectivity index (χ1) is 10.3. The molecule has 1 unspecified atom stereocenters. The maximum atomic E-state index is 12.4. The molecule has 1 spiro atoms. The number of amides is 1. The van der Waals surface area contributed by atoms with Crippen molar-refractivity contribution in [2.24, 2.45) is 11.3 Å². The third kappa shape index (κ3) is 2.93. The Morgan fingerprint density at radius 1 is 1.36 bits per heavy atom. The minimum absolute atomic E-state index is 0. The number of hydrogen-bond acceptors (Lipinski definition) is 5. The lowest BCUT2D eigenvalue weighted by Gasteiger charge is -2.22. The van der Waals surface area contributed by atoms with Gasteiger partial charge in [0.2, 0.25) is 5.91 Å². The van der Waals surface area contributed by atoms with Crippen molar-refractivity contribution in [2.75, 3.05) is 18.4 Å². The monoisotopic (exact) mass is 355 g/mol. The van der Waals surface area contributed by atoms with Crippen molar-refractivity contribution in [3.63, 3.8) is 0 Å². The van der Waals surface area contributed by atoms with Crippen LogP contribution in [-0.4, -0.2) is 24.0 Å². The number of aromatic nitrogens is 1. The molecule has 3 heterocycles. The Hall–Kier alpha value is -0.950. The molecule has 1 atom stereocenters. The Balaban J connectivity index is 0.00000144. The van der Waals surface area contributed by atoms with Gasteiger partial charge in [0.25, 0.3) is 0 Å². The van der Waals surface area contributed by atoms with Gasteiger partial charge in [-0.25, -0.2) is 4.98 Å². The van der Waals surface area contributed by atoms with Crippen LogP contribution in [0.4, 0.5) is 5.13 Å². The number of anilines is 1. The lowest BCUT2D eigenvalue weighted by Crippen LogP contribution is -2.31. The van der Waals surface area contributed by atoms with Gasteiger partial charge in [-0.1, -0.05) is 6.07 Å². The zero-order valence-corrected chi connectivity index (χ0v) is 14.5. The summed E-state index contributed by atoms with van der Waals surface area (Å²) in [6.45, 7) is 2.09. The highest BCUT2D eigenvalue weighted by atomic mass is 35.5. The van der Waals surface area contributed by atoms with E-state index in [1.807, 2.05) is 16.8 Å². The highest BCUT2D eigenvalue weighted by molar-refractivity contribution is 7.16. The van der Waals surface area contributed by atoms with Gasteiger partial charge in [0, 0.05) is 11.3 Å². The number of rotatable bonds is 3. The van der Waals surface area contributed by atoms with E-state index in [1.54, 1.807) is 11.3 Å². The van der Waals surface area contributed by atoms with Gasteiger partial charge in [-0.05, 0) is 49.2 Å². The minimum Gasteiger partial charge on any atom is -0.317 e. The number of thiophene rings is 1. The van der Waals surface area contributed by atoms with Gasteiger partial charge in [-0.3, -0.25) is 4.79 Å². The molecule has 0 bridgehead atoms. The Labute approximate surface area is 143 Å². The summed E-state index contributed by atoms with van der Waals surface area (Å²) >= 11 is 3.18. The highest BCUT2D eigenvalue weighted by Crippen LogP contribution is 2.58. The highest BCUT2D eigenvalue weighted by Gasteiger charge is 2.57. The second-order valence-corrected chi connectivity index (χ2v) is 7.68. The molecule has 0 aromatic carbocycles. The van der Waals surface area contributed by atoms with Crippen LogP contribution >= 0.6 is 35.1 Å². The number of thiazole rings is 1. The second-order valence-electron chi connectivity index (χ2n) is 5.87. The number of halogens is 1. The van der Waals surface area contributed by atoms with E-state index in [9.17, 15) is 4.79 Å². The van der Waals surface area contributed by atoms with Crippen LogP contribution in [0.5, 0.6) is 0 Å². The fraction of sp³-hybridized carbons (Fsp3) is 0.467. The van der Waals surface area contributed by atoms with Crippen LogP contribution in [-0.2, 0) is 4.79 Å². The first-order valence-corrected chi connectivity index (χ1v) is 9.04. The van der Waals surface area contributed by atoms with E-state index >= 15 is 0 Å². The van der Waals surface area contributed by atoms with Crippen LogP contribution in [0.2, 0.25) is 0 Å². The maximum Gasteiger partial charge on any atom is 0.229 e. The summed E-state index contributed by atoms with van der Waals surface area (Å²) < 4.78 is 0. The largest absolute Gasteiger partial charge is 0.317 e. The Bertz CT molecular complexity index is 650. The molecule has 22 heavy (non-hydrogen) atoms. The quantitative estimate of drug-likeness (QED) is 0.884. The van der Waals surface area contributed by atoms with Crippen molar-refractivity contribution >= 4 is 46.1 Å². The van der Waals surface area contributed by atoms with Gasteiger partial charge in [0.1, 0.15) is 0 Å². The predicted octanol–water partition coefficient (Wildman–Crippen LogP) is 3.62. The molecule has 1 aliphatic heterocycles. The third-order valence-corrected chi connectivity index (χ3v) is 6.26. The number of carbonyl (C=O) groups is 1. The topological polar surface area (TPSA) is 54.0 Å².